The van der Waals surface area contributed by atoms with Crippen molar-refractivity contribution in [2.75, 3.05) is 19.5 Å². The molecular formula is C25H29N3O3. The number of hydrogen-bond donors (Lipinski definition) is 1. The van der Waals surface area contributed by atoms with Crippen LogP contribution in [-0.2, 0) is 6.42 Å². The molecule has 162 valence electrons. The Morgan fingerprint density at radius 1 is 1.03 bits per heavy atom. The van der Waals surface area contributed by atoms with Crippen LogP contribution >= 0.6 is 0 Å². The highest BCUT2D eigenvalue weighted by molar-refractivity contribution is 5.74. The predicted octanol–water partition coefficient (Wildman–Crippen LogP) is 5.10. The molecule has 0 saturated carbocycles. The third-order valence-electron chi connectivity index (χ3n) is 6.06. The third kappa shape index (κ3) is 3.67. The summed E-state index contributed by atoms with van der Waals surface area (Å²) in [5.41, 5.74) is 7.16. The molecule has 0 unspecified atom stereocenters. The van der Waals surface area contributed by atoms with Crippen LogP contribution in [0.2, 0.25) is 0 Å². The van der Waals surface area contributed by atoms with E-state index >= 15 is 0 Å². The molecule has 0 spiro atoms. The molecule has 0 saturated heterocycles. The summed E-state index contributed by atoms with van der Waals surface area (Å²) in [5, 5.41) is 3.39. The van der Waals surface area contributed by atoms with Gasteiger partial charge in [-0.05, 0) is 62.4 Å². The maximum absolute atomic E-state index is 13.1. The van der Waals surface area contributed by atoms with E-state index in [1.807, 2.05) is 22.8 Å². The molecule has 0 fully saturated rings. The first-order chi connectivity index (χ1) is 14.9. The van der Waals surface area contributed by atoms with Gasteiger partial charge < -0.3 is 14.8 Å². The van der Waals surface area contributed by atoms with Crippen LogP contribution in [0.4, 0.5) is 11.5 Å². The fourth-order valence-electron chi connectivity index (χ4n) is 4.62. The summed E-state index contributed by atoms with van der Waals surface area (Å²) >= 11 is 0. The Morgan fingerprint density at radius 2 is 1.68 bits per heavy atom. The smallest absolute Gasteiger partial charge is 0.350 e. The SMILES string of the molecule is CC[C@H]1Cc2cc(OC)c(OC)cc2-c2cc(Nc3c(C)cc(C)cc3C)nc(=O)n21. The fraction of sp³-hybridized carbons (Fsp3) is 0.360. The first-order valence-electron chi connectivity index (χ1n) is 10.6. The highest BCUT2D eigenvalue weighted by atomic mass is 16.5. The topological polar surface area (TPSA) is 65.4 Å². The number of ether oxygens (including phenoxy) is 2. The number of aryl methyl sites for hydroxylation is 3. The first-order valence-corrected chi connectivity index (χ1v) is 10.6. The van der Waals surface area contributed by atoms with Crippen molar-refractivity contribution < 1.29 is 9.47 Å². The summed E-state index contributed by atoms with van der Waals surface area (Å²) in [6.07, 6.45) is 1.59. The van der Waals surface area contributed by atoms with Crippen LogP contribution in [0.15, 0.2) is 35.1 Å². The summed E-state index contributed by atoms with van der Waals surface area (Å²) in [6.45, 7) is 8.30. The van der Waals surface area contributed by atoms with Gasteiger partial charge in [-0.3, -0.25) is 4.57 Å². The minimum Gasteiger partial charge on any atom is -0.493 e. The lowest BCUT2D eigenvalue weighted by Gasteiger charge is -2.30. The van der Waals surface area contributed by atoms with Crippen molar-refractivity contribution in [3.8, 4) is 22.8 Å². The summed E-state index contributed by atoms with van der Waals surface area (Å²) < 4.78 is 12.8. The molecule has 0 aliphatic carbocycles. The maximum atomic E-state index is 13.1. The van der Waals surface area contributed by atoms with Crippen LogP contribution < -0.4 is 20.5 Å². The van der Waals surface area contributed by atoms with E-state index in [1.54, 1.807) is 14.2 Å². The molecule has 0 radical (unpaired) electrons. The largest absolute Gasteiger partial charge is 0.493 e. The molecular weight excluding hydrogens is 390 g/mol. The molecule has 1 aromatic heterocycles. The molecule has 31 heavy (non-hydrogen) atoms. The summed E-state index contributed by atoms with van der Waals surface area (Å²) in [6, 6.07) is 10.2. The highest BCUT2D eigenvalue weighted by Crippen LogP contribution is 2.41. The molecule has 1 N–H and O–H groups in total. The van der Waals surface area contributed by atoms with Gasteiger partial charge in [0.15, 0.2) is 11.5 Å². The Hall–Kier alpha value is -3.28. The van der Waals surface area contributed by atoms with Crippen LogP contribution in [-0.4, -0.2) is 23.8 Å². The molecule has 6 heteroatoms. The number of nitrogens with zero attached hydrogens (tertiary/aromatic N) is 2. The van der Waals surface area contributed by atoms with Gasteiger partial charge in [0.05, 0.1) is 19.9 Å². The number of hydrogen-bond acceptors (Lipinski definition) is 5. The maximum Gasteiger partial charge on any atom is 0.350 e. The molecule has 2 aromatic carbocycles. The van der Waals surface area contributed by atoms with Gasteiger partial charge in [0.2, 0.25) is 0 Å². The van der Waals surface area contributed by atoms with Crippen LogP contribution in [0.25, 0.3) is 11.3 Å². The highest BCUT2D eigenvalue weighted by Gasteiger charge is 2.27. The van der Waals surface area contributed by atoms with Gasteiger partial charge in [-0.1, -0.05) is 24.6 Å². The van der Waals surface area contributed by atoms with Gasteiger partial charge in [0.1, 0.15) is 5.82 Å². The van der Waals surface area contributed by atoms with E-state index in [9.17, 15) is 4.79 Å². The van der Waals surface area contributed by atoms with E-state index in [-0.39, 0.29) is 11.7 Å². The monoisotopic (exact) mass is 419 g/mol. The number of anilines is 2. The Kier molecular flexibility index (Phi) is 5.48. The molecule has 6 nitrogen and oxygen atoms in total. The van der Waals surface area contributed by atoms with Crippen LogP contribution in [0, 0.1) is 20.8 Å². The quantitative estimate of drug-likeness (QED) is 0.623. The van der Waals surface area contributed by atoms with Crippen molar-refractivity contribution in [2.24, 2.45) is 0 Å². The van der Waals surface area contributed by atoms with Gasteiger partial charge >= 0.3 is 5.69 Å². The molecule has 0 bridgehead atoms. The van der Waals surface area contributed by atoms with Crippen molar-refractivity contribution in [3.05, 3.63) is 63.1 Å². The molecule has 4 rings (SSSR count). The Bertz CT molecular complexity index is 1190. The number of nitrogens with one attached hydrogen (secondary N) is 1. The second-order valence-corrected chi connectivity index (χ2v) is 8.21. The van der Waals surface area contributed by atoms with E-state index in [4.69, 9.17) is 9.47 Å². The van der Waals surface area contributed by atoms with Gasteiger partial charge in [0.25, 0.3) is 0 Å². The number of methoxy groups -OCH3 is 2. The Balaban J connectivity index is 1.89. The zero-order valence-corrected chi connectivity index (χ0v) is 19.0. The van der Waals surface area contributed by atoms with Gasteiger partial charge in [-0.2, -0.15) is 4.98 Å². The van der Waals surface area contributed by atoms with Crippen LogP contribution in [0.5, 0.6) is 11.5 Å². The normalized spacial score (nSPS) is 14.6. The Morgan fingerprint density at radius 3 is 2.29 bits per heavy atom. The number of aromatic nitrogens is 2. The van der Waals surface area contributed by atoms with E-state index < -0.39 is 0 Å². The van der Waals surface area contributed by atoms with E-state index in [0.29, 0.717) is 17.3 Å². The van der Waals surface area contributed by atoms with Gasteiger partial charge in [-0.25, -0.2) is 4.79 Å². The van der Waals surface area contributed by atoms with Crippen LogP contribution in [0.3, 0.4) is 0 Å². The van der Waals surface area contributed by atoms with Gasteiger partial charge in [-0.15, -0.1) is 0 Å². The second kappa shape index (κ2) is 8.10. The number of benzene rings is 2. The van der Waals surface area contributed by atoms with E-state index in [2.05, 4.69) is 50.1 Å². The molecule has 1 aliphatic heterocycles. The third-order valence-corrected chi connectivity index (χ3v) is 6.06. The average molecular weight is 420 g/mol. The van der Waals surface area contributed by atoms with Crippen molar-refractivity contribution >= 4 is 11.5 Å². The minimum atomic E-state index is -0.241. The van der Waals surface area contributed by atoms with Crippen molar-refractivity contribution in [3.63, 3.8) is 0 Å². The molecule has 1 atom stereocenters. The van der Waals surface area contributed by atoms with Gasteiger partial charge in [0, 0.05) is 23.4 Å². The van der Waals surface area contributed by atoms with Crippen molar-refractivity contribution in [2.45, 2.75) is 46.6 Å². The van der Waals surface area contributed by atoms with Crippen molar-refractivity contribution in [1.29, 1.82) is 0 Å². The first kappa shape index (κ1) is 21.0. The predicted molar refractivity (Wildman–Crippen MR) is 124 cm³/mol. The van der Waals surface area contributed by atoms with E-state index in [0.717, 1.165) is 46.5 Å². The summed E-state index contributed by atoms with van der Waals surface area (Å²) in [5.74, 6) is 1.89. The number of rotatable bonds is 5. The lowest BCUT2D eigenvalue weighted by Crippen LogP contribution is -2.32. The minimum absolute atomic E-state index is 0.0532. The van der Waals surface area contributed by atoms with Crippen molar-refractivity contribution in [1.82, 2.24) is 9.55 Å². The summed E-state index contributed by atoms with van der Waals surface area (Å²) in [7, 11) is 3.26. The van der Waals surface area contributed by atoms with E-state index in [1.165, 1.54) is 5.56 Å². The zero-order valence-electron chi connectivity index (χ0n) is 19.0. The fourth-order valence-corrected chi connectivity index (χ4v) is 4.62. The second-order valence-electron chi connectivity index (χ2n) is 8.21. The standard InChI is InChI=1S/C25H29N3O3/c1-7-18-10-17-11-21(30-5)22(31-6)12-19(17)20-13-23(27-25(29)28(18)20)26-24-15(3)8-14(2)9-16(24)4/h8-9,11-13,18H,7,10H2,1-6H3,(H,26,27,29)/t18-/m0/s1. The molecule has 2 heterocycles. The Labute approximate surface area is 182 Å². The molecule has 3 aromatic rings. The molecule has 0 amide bonds. The lowest BCUT2D eigenvalue weighted by atomic mass is 9.91. The van der Waals surface area contributed by atoms with Crippen LogP contribution in [0.1, 0.15) is 41.6 Å². The molecule has 1 aliphatic rings. The summed E-state index contributed by atoms with van der Waals surface area (Å²) in [4.78, 5) is 17.5. The average Bonchev–Trinajstić information content (AvgIpc) is 2.74. The zero-order chi connectivity index (χ0) is 22.3. The number of fused-ring (bicyclic) bond motifs is 3. The lowest BCUT2D eigenvalue weighted by molar-refractivity contribution is 0.353.